The molecule has 2 aliphatic carbocycles. The Hall–Kier alpha value is -5.36. The molecule has 192 valence electrons. The zero-order valence-corrected chi connectivity index (χ0v) is 21.3. The lowest BCUT2D eigenvalue weighted by Crippen LogP contribution is -2.16. The fourth-order valence-electron chi connectivity index (χ4n) is 5.67. The SMILES string of the molecule is O=C1C=CCc2cc3c(=O)cc[nH]c3cc21.O=C1c2ccccc2Cc2cc3c(=O)c4ccccc4[nH]c3cc21. The second-order valence-corrected chi connectivity index (χ2v) is 10.1. The third-order valence-electron chi connectivity index (χ3n) is 7.67. The molecule has 0 fully saturated rings. The highest BCUT2D eigenvalue weighted by Gasteiger charge is 2.24. The number of fused-ring (bicyclic) bond motifs is 6. The first-order chi connectivity index (χ1) is 19.5. The van der Waals surface area contributed by atoms with E-state index in [1.165, 1.54) is 6.07 Å². The summed E-state index contributed by atoms with van der Waals surface area (Å²) >= 11 is 0. The van der Waals surface area contributed by atoms with E-state index >= 15 is 0 Å². The minimum absolute atomic E-state index is 0.00727. The molecule has 6 nitrogen and oxygen atoms in total. The van der Waals surface area contributed by atoms with Crippen LogP contribution in [0.15, 0.2) is 107 Å². The topological polar surface area (TPSA) is 99.9 Å². The molecule has 2 N–H and O–H groups in total. The van der Waals surface area contributed by atoms with E-state index in [9.17, 15) is 19.2 Å². The second-order valence-electron chi connectivity index (χ2n) is 10.1. The van der Waals surface area contributed by atoms with Crippen molar-refractivity contribution in [1.29, 1.82) is 0 Å². The average molecular weight is 523 g/mol. The van der Waals surface area contributed by atoms with Gasteiger partial charge in [-0.1, -0.05) is 42.5 Å². The number of carbonyl (C=O) groups excluding carboxylic acids is 2. The second kappa shape index (κ2) is 9.13. The van der Waals surface area contributed by atoms with Crippen LogP contribution in [0.25, 0.3) is 32.7 Å². The lowest BCUT2D eigenvalue weighted by Gasteiger charge is -2.19. The van der Waals surface area contributed by atoms with Crippen LogP contribution >= 0.6 is 0 Å². The maximum atomic E-state index is 12.8. The van der Waals surface area contributed by atoms with Gasteiger partial charge in [0.25, 0.3) is 0 Å². The molecule has 0 bridgehead atoms. The van der Waals surface area contributed by atoms with Gasteiger partial charge in [-0.3, -0.25) is 19.2 Å². The summed E-state index contributed by atoms with van der Waals surface area (Å²) in [6.45, 7) is 0. The van der Waals surface area contributed by atoms with Gasteiger partial charge in [0.1, 0.15) is 0 Å². The third-order valence-corrected chi connectivity index (χ3v) is 7.67. The number of para-hydroxylation sites is 1. The van der Waals surface area contributed by atoms with E-state index in [2.05, 4.69) is 9.97 Å². The van der Waals surface area contributed by atoms with E-state index < -0.39 is 0 Å². The fraction of sp³-hybridized carbons (Fsp3) is 0.0588. The summed E-state index contributed by atoms with van der Waals surface area (Å²) in [5, 5.41) is 1.96. The van der Waals surface area contributed by atoms with E-state index in [1.807, 2.05) is 72.8 Å². The van der Waals surface area contributed by atoms with E-state index in [-0.39, 0.29) is 22.4 Å². The largest absolute Gasteiger partial charge is 0.361 e. The monoisotopic (exact) mass is 522 g/mol. The van der Waals surface area contributed by atoms with Crippen LogP contribution < -0.4 is 10.9 Å². The Kier molecular flexibility index (Phi) is 5.42. The molecule has 0 spiro atoms. The van der Waals surface area contributed by atoms with Crippen LogP contribution in [-0.4, -0.2) is 21.5 Å². The van der Waals surface area contributed by atoms with Crippen molar-refractivity contribution in [2.45, 2.75) is 12.8 Å². The Morgan fingerprint density at radius 3 is 2.27 bits per heavy atom. The van der Waals surface area contributed by atoms with Crippen molar-refractivity contribution in [1.82, 2.24) is 9.97 Å². The predicted octanol–water partition coefficient (Wildman–Crippen LogP) is 5.64. The molecule has 0 saturated carbocycles. The maximum absolute atomic E-state index is 12.8. The average Bonchev–Trinajstić information content (AvgIpc) is 2.97. The highest BCUT2D eigenvalue weighted by molar-refractivity contribution is 6.14. The first kappa shape index (κ1) is 23.7. The minimum atomic E-state index is -0.0152. The van der Waals surface area contributed by atoms with Crippen LogP contribution in [0.3, 0.4) is 0 Å². The van der Waals surface area contributed by atoms with Gasteiger partial charge in [-0.25, -0.2) is 0 Å². The van der Waals surface area contributed by atoms with Gasteiger partial charge in [-0.2, -0.15) is 0 Å². The van der Waals surface area contributed by atoms with Crippen molar-refractivity contribution in [2.75, 3.05) is 0 Å². The van der Waals surface area contributed by atoms with E-state index in [0.29, 0.717) is 45.6 Å². The van der Waals surface area contributed by atoms with Gasteiger partial charge in [0.15, 0.2) is 22.4 Å². The molecule has 6 heteroatoms. The Balaban J connectivity index is 0.000000144. The first-order valence-corrected chi connectivity index (χ1v) is 13.0. The molecule has 4 aromatic carbocycles. The molecule has 2 heterocycles. The number of H-pyrrole nitrogens is 2. The Bertz CT molecular complexity index is 2200. The fourth-order valence-corrected chi connectivity index (χ4v) is 5.67. The molecule has 2 aromatic heterocycles. The summed E-state index contributed by atoms with van der Waals surface area (Å²) in [6.07, 6.45) is 6.40. The number of rotatable bonds is 0. The Morgan fingerprint density at radius 2 is 1.38 bits per heavy atom. The number of ketones is 2. The number of carbonyl (C=O) groups is 2. The van der Waals surface area contributed by atoms with Gasteiger partial charge in [0.05, 0.1) is 11.0 Å². The zero-order valence-electron chi connectivity index (χ0n) is 21.3. The number of hydrogen-bond donors (Lipinski definition) is 2. The molecule has 8 rings (SSSR count). The predicted molar refractivity (Wildman–Crippen MR) is 156 cm³/mol. The smallest absolute Gasteiger partial charge is 0.197 e. The van der Waals surface area contributed by atoms with Crippen LogP contribution in [0.2, 0.25) is 0 Å². The van der Waals surface area contributed by atoms with Gasteiger partial charge >= 0.3 is 0 Å². The van der Waals surface area contributed by atoms with Gasteiger partial charge in [0.2, 0.25) is 0 Å². The number of nitrogens with one attached hydrogen (secondary N) is 2. The molecule has 0 aliphatic heterocycles. The first-order valence-electron chi connectivity index (χ1n) is 13.0. The number of allylic oxidation sites excluding steroid dienone is 2. The molecule has 6 aromatic rings. The summed E-state index contributed by atoms with van der Waals surface area (Å²) in [7, 11) is 0. The zero-order chi connectivity index (χ0) is 27.4. The number of hydrogen-bond acceptors (Lipinski definition) is 4. The standard InChI is InChI=1S/C21H13NO2.C13H9NO2/c23-20-14-6-2-1-5-12(14)9-13-10-17-19(11-16(13)20)22-18-8-4-3-7-15(18)21(17)24;15-12-3-1-2-8-6-10-11(7-9(8)12)14-5-4-13(10)16/h1-8,10-11H,9H2,(H,22,24);1,3-7H,2H2,(H,14,16). The normalized spacial score (nSPS) is 13.5. The molecule has 0 atom stereocenters. The van der Waals surface area contributed by atoms with Crippen molar-refractivity contribution in [3.63, 3.8) is 0 Å². The lowest BCUT2D eigenvalue weighted by molar-refractivity contribution is 0.103. The van der Waals surface area contributed by atoms with Crippen molar-refractivity contribution >= 4 is 44.3 Å². The van der Waals surface area contributed by atoms with Gasteiger partial charge in [-0.15, -0.1) is 0 Å². The number of aromatic nitrogens is 2. The third kappa shape index (κ3) is 3.81. The van der Waals surface area contributed by atoms with Crippen molar-refractivity contribution < 1.29 is 9.59 Å². The van der Waals surface area contributed by atoms with Gasteiger partial charge < -0.3 is 9.97 Å². The van der Waals surface area contributed by atoms with Crippen LogP contribution in [0.1, 0.15) is 43.0 Å². The van der Waals surface area contributed by atoms with Crippen LogP contribution in [-0.2, 0) is 12.8 Å². The highest BCUT2D eigenvalue weighted by Crippen LogP contribution is 2.30. The summed E-state index contributed by atoms with van der Waals surface area (Å²) in [5.41, 5.74) is 7.22. The van der Waals surface area contributed by atoms with Crippen LogP contribution in [0.5, 0.6) is 0 Å². The summed E-state index contributed by atoms with van der Waals surface area (Å²) in [6, 6.07) is 23.9. The summed E-state index contributed by atoms with van der Waals surface area (Å²) in [4.78, 5) is 55.1. The molecule has 2 aliphatic rings. The highest BCUT2D eigenvalue weighted by atomic mass is 16.1. The summed E-state index contributed by atoms with van der Waals surface area (Å²) in [5.74, 6) is 0.0376. The minimum Gasteiger partial charge on any atom is -0.361 e. The van der Waals surface area contributed by atoms with Crippen molar-refractivity contribution in [3.05, 3.63) is 151 Å². The molecule has 0 radical (unpaired) electrons. The molecular formula is C34H22N2O4. The van der Waals surface area contributed by atoms with Gasteiger partial charge in [0, 0.05) is 50.6 Å². The number of pyridine rings is 2. The van der Waals surface area contributed by atoms with Crippen LogP contribution in [0, 0.1) is 0 Å². The lowest BCUT2D eigenvalue weighted by atomic mass is 9.84. The number of aromatic amines is 2. The van der Waals surface area contributed by atoms with Crippen molar-refractivity contribution in [2.24, 2.45) is 0 Å². The van der Waals surface area contributed by atoms with Crippen molar-refractivity contribution in [3.8, 4) is 0 Å². The van der Waals surface area contributed by atoms with Gasteiger partial charge in [-0.05, 0) is 72.0 Å². The maximum Gasteiger partial charge on any atom is 0.197 e. The molecule has 0 unspecified atom stereocenters. The molecule has 40 heavy (non-hydrogen) atoms. The van der Waals surface area contributed by atoms with E-state index in [4.69, 9.17) is 0 Å². The summed E-state index contributed by atoms with van der Waals surface area (Å²) < 4.78 is 0. The molecule has 0 amide bonds. The Morgan fingerprint density at radius 1 is 0.600 bits per heavy atom. The van der Waals surface area contributed by atoms with E-state index in [1.54, 1.807) is 18.3 Å². The Labute approximate surface area is 227 Å². The van der Waals surface area contributed by atoms with E-state index in [0.717, 1.165) is 33.3 Å². The quantitative estimate of drug-likeness (QED) is 0.252. The molecule has 0 saturated heterocycles. The number of benzene rings is 4. The van der Waals surface area contributed by atoms with Crippen LogP contribution in [0.4, 0.5) is 0 Å². The molecular weight excluding hydrogens is 500 g/mol.